The van der Waals surface area contributed by atoms with Crippen LogP contribution in [0, 0.1) is 11.6 Å². The summed E-state index contributed by atoms with van der Waals surface area (Å²) in [5, 5.41) is 0. The molecule has 0 N–H and O–H groups in total. The van der Waals surface area contributed by atoms with E-state index in [4.69, 9.17) is 13.9 Å². The minimum atomic E-state index is -0.944. The smallest absolute Gasteiger partial charge is 0.273 e. The third kappa shape index (κ3) is 8.90. The molecule has 0 aliphatic heterocycles. The molecule has 1 rings (SSSR count). The molecule has 144 valence electrons. The van der Waals surface area contributed by atoms with Gasteiger partial charge in [0.05, 0.1) is 12.2 Å². The molecule has 0 bridgehead atoms. The van der Waals surface area contributed by atoms with Gasteiger partial charge in [-0.05, 0) is 64.7 Å². The number of hydrogen-bond acceptors (Lipinski definition) is 3. The highest BCUT2D eigenvalue weighted by atomic mass is 28.2. The molecule has 25 heavy (non-hydrogen) atoms. The second-order valence-electron chi connectivity index (χ2n) is 6.91. The number of unbranched alkanes of at least 4 members (excludes halogenated alkanes) is 3. The molecule has 3 nitrogen and oxygen atoms in total. The zero-order chi connectivity index (χ0) is 18.9. The van der Waals surface area contributed by atoms with E-state index in [1.54, 1.807) is 0 Å². The molecule has 0 unspecified atom stereocenters. The summed E-state index contributed by atoms with van der Waals surface area (Å²) in [5.41, 5.74) is 0.709. The van der Waals surface area contributed by atoms with Crippen LogP contribution < -0.4 is 0 Å². The lowest BCUT2D eigenvalue weighted by Gasteiger charge is -2.36. The van der Waals surface area contributed by atoms with Gasteiger partial charge in [-0.1, -0.05) is 12.8 Å². The zero-order valence-electron chi connectivity index (χ0n) is 16.1. The van der Waals surface area contributed by atoms with Gasteiger partial charge >= 0.3 is 0 Å². The van der Waals surface area contributed by atoms with E-state index in [9.17, 15) is 8.78 Å². The Morgan fingerprint density at radius 2 is 1.40 bits per heavy atom. The Labute approximate surface area is 153 Å². The van der Waals surface area contributed by atoms with Gasteiger partial charge in [-0.2, -0.15) is 0 Å². The van der Waals surface area contributed by atoms with Crippen LogP contribution in [0.15, 0.2) is 18.2 Å². The van der Waals surface area contributed by atoms with Crippen molar-refractivity contribution in [2.75, 3.05) is 0 Å². The van der Waals surface area contributed by atoms with Crippen molar-refractivity contribution >= 4 is 10.5 Å². The van der Waals surface area contributed by atoms with Crippen LogP contribution in [0.2, 0.25) is 0 Å². The van der Waals surface area contributed by atoms with Crippen molar-refractivity contribution in [1.82, 2.24) is 0 Å². The highest BCUT2D eigenvalue weighted by Gasteiger charge is 2.33. The Balaban J connectivity index is 2.37. The SMILES string of the molecule is CC(C)OC(CCCCCCc1cc(F)cc(F)c1)(O[SiH3])OC(C)C. The van der Waals surface area contributed by atoms with E-state index in [-0.39, 0.29) is 12.2 Å². The molecule has 0 radical (unpaired) electrons. The van der Waals surface area contributed by atoms with Crippen LogP contribution in [0.3, 0.4) is 0 Å². The van der Waals surface area contributed by atoms with Gasteiger partial charge in [0.15, 0.2) is 10.5 Å². The summed E-state index contributed by atoms with van der Waals surface area (Å²) in [6, 6.07) is 3.70. The highest BCUT2D eigenvalue weighted by Crippen LogP contribution is 2.26. The van der Waals surface area contributed by atoms with Crippen LogP contribution in [-0.2, 0) is 20.3 Å². The van der Waals surface area contributed by atoms with Gasteiger partial charge in [0.25, 0.3) is 5.97 Å². The summed E-state index contributed by atoms with van der Waals surface area (Å²) in [7, 11) is 0.537. The molecular formula is C19H32F2O3Si. The van der Waals surface area contributed by atoms with E-state index in [1.165, 1.54) is 12.1 Å². The predicted octanol–water partition coefficient (Wildman–Crippen LogP) is 4.26. The van der Waals surface area contributed by atoms with Crippen LogP contribution in [-0.4, -0.2) is 28.7 Å². The summed E-state index contributed by atoms with van der Waals surface area (Å²) < 4.78 is 43.8. The standard InChI is InChI=1S/C19H32F2O3Si/c1-14(2)22-19(24-25,23-15(3)4)10-8-6-5-7-9-16-11-17(20)13-18(21)12-16/h11-15H,5-10H2,1-4,25H3. The predicted molar refractivity (Wildman–Crippen MR) is 99.3 cm³/mol. The topological polar surface area (TPSA) is 27.7 Å². The zero-order valence-corrected chi connectivity index (χ0v) is 18.1. The molecular weight excluding hydrogens is 342 g/mol. The van der Waals surface area contributed by atoms with Crippen molar-refractivity contribution in [3.8, 4) is 0 Å². The summed E-state index contributed by atoms with van der Waals surface area (Å²) in [6.07, 6.45) is 5.20. The van der Waals surface area contributed by atoms with E-state index in [0.29, 0.717) is 28.9 Å². The maximum absolute atomic E-state index is 13.2. The first-order valence-electron chi connectivity index (χ1n) is 9.12. The Kier molecular flexibility index (Phi) is 9.78. The fourth-order valence-corrected chi connectivity index (χ4v) is 3.24. The normalized spacial score (nSPS) is 12.5. The summed E-state index contributed by atoms with van der Waals surface area (Å²) in [4.78, 5) is 0. The molecule has 1 aromatic carbocycles. The number of halogens is 2. The van der Waals surface area contributed by atoms with Crippen molar-refractivity contribution < 1.29 is 22.7 Å². The van der Waals surface area contributed by atoms with Crippen LogP contribution in [0.5, 0.6) is 0 Å². The van der Waals surface area contributed by atoms with Gasteiger partial charge in [-0.25, -0.2) is 8.78 Å². The van der Waals surface area contributed by atoms with Gasteiger partial charge in [0.2, 0.25) is 0 Å². The molecule has 0 aromatic heterocycles. The molecule has 0 spiro atoms. The van der Waals surface area contributed by atoms with Gasteiger partial charge in [0.1, 0.15) is 11.6 Å². The minimum Gasteiger partial charge on any atom is -0.380 e. The largest absolute Gasteiger partial charge is 0.380 e. The second-order valence-corrected chi connectivity index (χ2v) is 7.32. The van der Waals surface area contributed by atoms with Crippen LogP contribution in [0.1, 0.15) is 65.4 Å². The first-order chi connectivity index (χ1) is 11.8. The Bertz CT molecular complexity index is 479. The Morgan fingerprint density at radius 1 is 0.880 bits per heavy atom. The molecule has 0 atom stereocenters. The maximum Gasteiger partial charge on any atom is 0.273 e. The van der Waals surface area contributed by atoms with Crippen molar-refractivity contribution in [2.24, 2.45) is 0 Å². The summed E-state index contributed by atoms with van der Waals surface area (Å²) in [5.74, 6) is -1.97. The quantitative estimate of drug-likeness (QED) is 0.311. The molecule has 0 saturated carbocycles. The number of rotatable bonds is 12. The van der Waals surface area contributed by atoms with Crippen molar-refractivity contribution in [3.05, 3.63) is 35.4 Å². The third-order valence-electron chi connectivity index (χ3n) is 3.76. The number of aryl methyl sites for hydroxylation is 1. The number of ether oxygens (including phenoxy) is 2. The minimum absolute atomic E-state index is 0.0237. The summed E-state index contributed by atoms with van der Waals surface area (Å²) in [6.45, 7) is 7.88. The van der Waals surface area contributed by atoms with Crippen LogP contribution >= 0.6 is 0 Å². The molecule has 1 aromatic rings. The first kappa shape index (κ1) is 22.2. The Morgan fingerprint density at radius 3 is 1.88 bits per heavy atom. The lowest BCUT2D eigenvalue weighted by Crippen LogP contribution is -2.42. The molecule has 0 fully saturated rings. The average Bonchev–Trinajstić information content (AvgIpc) is 2.48. The lowest BCUT2D eigenvalue weighted by molar-refractivity contribution is -0.369. The third-order valence-corrected chi connectivity index (χ3v) is 4.38. The van der Waals surface area contributed by atoms with E-state index in [0.717, 1.165) is 31.7 Å². The summed E-state index contributed by atoms with van der Waals surface area (Å²) >= 11 is 0. The molecule has 0 aliphatic carbocycles. The maximum atomic E-state index is 13.2. The Hall–Kier alpha value is -0.823. The fraction of sp³-hybridized carbons (Fsp3) is 0.684. The molecule has 0 aliphatic rings. The van der Waals surface area contributed by atoms with Gasteiger partial charge in [0, 0.05) is 12.5 Å². The highest BCUT2D eigenvalue weighted by molar-refractivity contribution is 5.98. The number of benzene rings is 1. The van der Waals surface area contributed by atoms with Gasteiger partial charge in [-0.15, -0.1) is 0 Å². The van der Waals surface area contributed by atoms with Crippen molar-refractivity contribution in [3.63, 3.8) is 0 Å². The molecule has 6 heteroatoms. The van der Waals surface area contributed by atoms with Crippen LogP contribution in [0.4, 0.5) is 8.78 Å². The van der Waals surface area contributed by atoms with Crippen LogP contribution in [0.25, 0.3) is 0 Å². The fourth-order valence-electron chi connectivity index (χ4n) is 2.84. The van der Waals surface area contributed by atoms with E-state index >= 15 is 0 Å². The monoisotopic (exact) mass is 374 g/mol. The van der Waals surface area contributed by atoms with Gasteiger partial charge < -0.3 is 13.9 Å². The van der Waals surface area contributed by atoms with Gasteiger partial charge in [-0.3, -0.25) is 0 Å². The van der Waals surface area contributed by atoms with Crippen molar-refractivity contribution in [1.29, 1.82) is 0 Å². The molecule has 0 heterocycles. The second kappa shape index (κ2) is 11.0. The lowest BCUT2D eigenvalue weighted by atomic mass is 10.0. The van der Waals surface area contributed by atoms with Crippen molar-refractivity contribution in [2.45, 2.75) is 84.4 Å². The van der Waals surface area contributed by atoms with E-state index in [1.807, 2.05) is 27.7 Å². The first-order valence-corrected chi connectivity index (χ1v) is 9.94. The average molecular weight is 375 g/mol. The van der Waals surface area contributed by atoms with E-state index in [2.05, 4.69) is 0 Å². The molecule has 0 amide bonds. The molecule has 0 saturated heterocycles. The number of hydrogen-bond donors (Lipinski definition) is 0. The van der Waals surface area contributed by atoms with E-state index < -0.39 is 17.6 Å².